The number of carboxylic acids is 1. The fourth-order valence-corrected chi connectivity index (χ4v) is 10.7. The maximum Gasteiger partial charge on any atom is 0.303 e. The van der Waals surface area contributed by atoms with Crippen LogP contribution in [0.4, 0.5) is 22.7 Å². The summed E-state index contributed by atoms with van der Waals surface area (Å²) in [6.07, 6.45) is 8.46. The molecule has 2 aromatic rings. The van der Waals surface area contributed by atoms with Crippen molar-refractivity contribution in [2.24, 2.45) is 5.41 Å². The second-order valence-corrected chi connectivity index (χ2v) is 23.6. The summed E-state index contributed by atoms with van der Waals surface area (Å²) in [7, 11) is -13.3. The van der Waals surface area contributed by atoms with Crippen LogP contribution in [0.1, 0.15) is 90.2 Å². The summed E-state index contributed by atoms with van der Waals surface area (Å²) < 4.78 is 101. The van der Waals surface area contributed by atoms with E-state index in [4.69, 9.17) is 5.11 Å². The number of nitrogens with zero attached hydrogens (tertiary/aromatic N) is 4. The summed E-state index contributed by atoms with van der Waals surface area (Å²) in [5.74, 6) is -4.78. The molecular formula is C46H59N6O17S3+. The lowest BCUT2D eigenvalue weighted by Crippen LogP contribution is -2.53. The normalized spacial score (nSPS) is 19.6. The highest BCUT2D eigenvalue weighted by Crippen LogP contribution is 2.50. The second kappa shape index (κ2) is 22.3. The lowest BCUT2D eigenvalue weighted by molar-refractivity contribution is -0.437. The molecule has 1 atom stereocenters. The van der Waals surface area contributed by atoms with Crippen molar-refractivity contribution in [1.82, 2.24) is 10.6 Å². The lowest BCUT2D eigenvalue weighted by atomic mass is 9.70. The summed E-state index contributed by atoms with van der Waals surface area (Å²) in [4.78, 5) is 64.7. The molecule has 23 nitrogen and oxygen atoms in total. The molecule has 2 heterocycles. The average Bonchev–Trinajstić information content (AvgIpc) is 3.61. The highest BCUT2D eigenvalue weighted by molar-refractivity contribution is 7.86. The molecule has 0 saturated heterocycles. The zero-order chi connectivity index (χ0) is 53.6. The van der Waals surface area contributed by atoms with Crippen molar-refractivity contribution in [2.75, 3.05) is 48.3 Å². The topological polar surface area (TPSA) is 351 Å². The van der Waals surface area contributed by atoms with Gasteiger partial charge in [-0.2, -0.15) is 29.8 Å². The molecule has 2 aliphatic heterocycles. The number of nitro groups is 2. The number of rotatable bonds is 24. The van der Waals surface area contributed by atoms with Gasteiger partial charge in [0.05, 0.1) is 32.5 Å². The van der Waals surface area contributed by atoms with E-state index in [1.54, 1.807) is 67.6 Å². The first-order chi connectivity index (χ1) is 33.4. The van der Waals surface area contributed by atoms with Crippen LogP contribution in [0, 0.1) is 25.6 Å². The molecule has 2 aromatic carbocycles. The minimum Gasteiger partial charge on any atom is -0.481 e. The molecule has 72 heavy (non-hydrogen) atoms. The quantitative estimate of drug-likeness (QED) is 0.0199. The maximum atomic E-state index is 14.7. The molecule has 1 unspecified atom stereocenters. The van der Waals surface area contributed by atoms with Crippen molar-refractivity contribution >= 4 is 76.6 Å². The Kier molecular flexibility index (Phi) is 17.6. The van der Waals surface area contributed by atoms with Crippen LogP contribution < -0.4 is 15.5 Å². The number of hydrogen-bond acceptors (Lipinski definition) is 14. The van der Waals surface area contributed by atoms with Crippen LogP contribution in [0.25, 0.3) is 0 Å². The molecule has 0 bridgehead atoms. The maximum absolute atomic E-state index is 14.7. The van der Waals surface area contributed by atoms with Gasteiger partial charge in [-0.05, 0) is 74.8 Å². The Morgan fingerprint density at radius 2 is 1.31 bits per heavy atom. The Labute approximate surface area is 417 Å². The van der Waals surface area contributed by atoms with Gasteiger partial charge in [0.1, 0.15) is 12.0 Å². The van der Waals surface area contributed by atoms with Gasteiger partial charge in [0.25, 0.3) is 41.7 Å². The minimum atomic E-state index is -4.58. The van der Waals surface area contributed by atoms with Crippen LogP contribution in [0.2, 0.25) is 0 Å². The standard InChI is InChI=1S/C46H58N6O17S3/c1-44(2)35-27-33(51(57)58)13-15-37(35)49(21-8-23-70(61,62)63)39(44)17-11-31-26-32(30-46(29-31,43(56)48-20-25-72(67,68)69)42(55)47-19-7-5-6-10-41(53)54)12-18-40-45(3,4)36-28-34(52(59)60)14-16-38(36)50(40)22-9-24-71(64,65)66/h11-18,26-28H,5-10,19-25,29-30H2,1-4H3,(H5-,47,48,53,54,55,56,61,62,63,64,65,66,67,68,69)/p+1. The van der Waals surface area contributed by atoms with E-state index >= 15 is 0 Å². The van der Waals surface area contributed by atoms with Crippen molar-refractivity contribution < 1.29 is 72.8 Å². The number of carbonyl (C=O) groups is 3. The SMILES string of the molecule is CC1(C)C(/C=C/C2=CC(=C/C=C3/N(CCCS(=O)(=O)O)c4ccc([N+](=O)[O-])cc4C3(C)C)/CC(C(=O)NCCCCCC(=O)O)(C(=O)NCCS(=O)(=O)O)C2)=[N+](CCCS(=O)(=O)O)c2ccc([N+](=O)[O-])cc21. The van der Waals surface area contributed by atoms with Crippen molar-refractivity contribution in [1.29, 1.82) is 0 Å². The third-order valence-electron chi connectivity index (χ3n) is 12.9. The summed E-state index contributed by atoms with van der Waals surface area (Å²) in [6, 6.07) is 8.46. The molecule has 6 N–H and O–H groups in total. The van der Waals surface area contributed by atoms with Crippen LogP contribution in [-0.4, -0.2) is 125 Å². The third-order valence-corrected chi connectivity index (χ3v) is 15.2. The molecule has 392 valence electrons. The van der Waals surface area contributed by atoms with Crippen molar-refractivity contribution in [3.05, 3.63) is 115 Å². The first-order valence-corrected chi connectivity index (χ1v) is 27.6. The molecule has 1 aliphatic carbocycles. The zero-order valence-electron chi connectivity index (χ0n) is 40.1. The van der Waals surface area contributed by atoms with Gasteiger partial charge < -0.3 is 20.6 Å². The number of carboxylic acid groups (broad SMARTS) is 1. The third kappa shape index (κ3) is 14.1. The summed E-state index contributed by atoms with van der Waals surface area (Å²) in [5.41, 5.74) is -0.572. The Morgan fingerprint density at radius 3 is 1.90 bits per heavy atom. The van der Waals surface area contributed by atoms with E-state index in [0.29, 0.717) is 64.3 Å². The lowest BCUT2D eigenvalue weighted by Gasteiger charge is -2.35. The minimum absolute atomic E-state index is 0.0165. The highest BCUT2D eigenvalue weighted by atomic mass is 32.2. The molecule has 0 spiro atoms. The Hall–Kier alpha value is -6.19. The fraction of sp³-hybridized carbons (Fsp3) is 0.478. The molecular weight excluding hydrogens is 1000 g/mol. The molecule has 0 radical (unpaired) electrons. The van der Waals surface area contributed by atoms with Gasteiger partial charge in [0.15, 0.2) is 5.71 Å². The predicted octanol–water partition coefficient (Wildman–Crippen LogP) is 5.07. The average molecular weight is 1060 g/mol. The number of allylic oxidation sites excluding steroid dienone is 8. The number of aliphatic carboxylic acids is 1. The molecule has 0 saturated carbocycles. The first kappa shape index (κ1) is 56.7. The molecule has 0 aromatic heterocycles. The van der Waals surface area contributed by atoms with Gasteiger partial charge in [-0.3, -0.25) is 48.3 Å². The van der Waals surface area contributed by atoms with Crippen LogP contribution in [0.15, 0.2) is 83.6 Å². The molecule has 2 amide bonds. The van der Waals surface area contributed by atoms with Crippen molar-refractivity contribution in [3.8, 4) is 0 Å². The van der Waals surface area contributed by atoms with Gasteiger partial charge in [0.2, 0.25) is 17.5 Å². The van der Waals surface area contributed by atoms with Gasteiger partial charge in [0, 0.05) is 91.2 Å². The Bertz CT molecular complexity index is 3030. The Balaban J connectivity index is 1.70. The molecule has 0 fully saturated rings. The first-order valence-electron chi connectivity index (χ1n) is 22.8. The van der Waals surface area contributed by atoms with Crippen LogP contribution >= 0.6 is 0 Å². The van der Waals surface area contributed by atoms with E-state index < -0.39 is 98.0 Å². The molecule has 26 heteroatoms. The number of anilines is 1. The summed E-state index contributed by atoms with van der Waals surface area (Å²) in [5, 5.41) is 38.1. The number of unbranched alkanes of at least 4 members (excludes halogenated alkanes) is 2. The predicted molar refractivity (Wildman–Crippen MR) is 265 cm³/mol. The van der Waals surface area contributed by atoms with E-state index in [2.05, 4.69) is 10.6 Å². The number of nitro benzene ring substituents is 2. The zero-order valence-corrected chi connectivity index (χ0v) is 42.5. The van der Waals surface area contributed by atoms with Crippen molar-refractivity contribution in [2.45, 2.75) is 89.9 Å². The summed E-state index contributed by atoms with van der Waals surface area (Å²) in [6.45, 7) is 6.65. The monoisotopic (exact) mass is 1060 g/mol. The van der Waals surface area contributed by atoms with Crippen molar-refractivity contribution in [3.63, 3.8) is 0 Å². The Morgan fingerprint density at radius 1 is 0.722 bits per heavy atom. The number of hydrogen-bond donors (Lipinski definition) is 6. The molecule has 3 aliphatic rings. The van der Waals surface area contributed by atoms with E-state index in [-0.39, 0.29) is 63.1 Å². The van der Waals surface area contributed by atoms with E-state index in [9.17, 15) is 73.5 Å². The van der Waals surface area contributed by atoms with E-state index in [0.717, 1.165) is 0 Å². The van der Waals surface area contributed by atoms with Crippen LogP contribution in [-0.2, 0) is 55.6 Å². The van der Waals surface area contributed by atoms with Gasteiger partial charge in [-0.1, -0.05) is 38.5 Å². The highest BCUT2D eigenvalue weighted by Gasteiger charge is 2.49. The van der Waals surface area contributed by atoms with Gasteiger partial charge in [-0.15, -0.1) is 0 Å². The van der Waals surface area contributed by atoms with Crippen LogP contribution in [0.3, 0.4) is 0 Å². The number of amides is 2. The second-order valence-electron chi connectivity index (χ2n) is 18.9. The van der Waals surface area contributed by atoms with E-state index in [1.807, 2.05) is 0 Å². The fourth-order valence-electron chi connectivity index (χ4n) is 9.37. The number of benzene rings is 2. The number of nitrogens with one attached hydrogen (secondary N) is 2. The van der Waals surface area contributed by atoms with Gasteiger partial charge >= 0.3 is 5.97 Å². The largest absolute Gasteiger partial charge is 0.481 e. The number of fused-ring (bicyclic) bond motifs is 2. The van der Waals surface area contributed by atoms with Crippen LogP contribution in [0.5, 0.6) is 0 Å². The van der Waals surface area contributed by atoms with Gasteiger partial charge in [-0.25, -0.2) is 0 Å². The van der Waals surface area contributed by atoms with E-state index in [1.165, 1.54) is 36.4 Å². The smallest absolute Gasteiger partial charge is 0.303 e. The number of carbonyl (C=O) groups excluding carboxylic acids is 2. The molecule has 5 rings (SSSR count). The summed E-state index contributed by atoms with van der Waals surface area (Å²) >= 11 is 0. The number of non-ortho nitro benzene ring substituents is 2.